The molecule has 23 heavy (non-hydrogen) atoms. The van der Waals surface area contributed by atoms with Gasteiger partial charge in [0.25, 0.3) is 0 Å². The van der Waals surface area contributed by atoms with Gasteiger partial charge in [-0.2, -0.15) is 0 Å². The van der Waals surface area contributed by atoms with Gasteiger partial charge in [-0.15, -0.1) is 0 Å². The molecule has 0 radical (unpaired) electrons. The number of allylic oxidation sites excluding steroid dienone is 3. The van der Waals surface area contributed by atoms with Gasteiger partial charge in [0.15, 0.2) is 0 Å². The Balaban J connectivity index is 1.91. The van der Waals surface area contributed by atoms with Gasteiger partial charge in [0.2, 0.25) is 0 Å². The predicted octanol–water partition coefficient (Wildman–Crippen LogP) is 4.19. The van der Waals surface area contributed by atoms with Crippen molar-refractivity contribution in [3.05, 3.63) is 53.9 Å². The maximum atomic E-state index is 11.2. The molecule has 0 saturated heterocycles. The number of aryl methyl sites for hydroxylation is 1. The van der Waals surface area contributed by atoms with Crippen molar-refractivity contribution in [2.75, 3.05) is 6.61 Å². The third-order valence-electron chi connectivity index (χ3n) is 3.71. The first-order valence-electron chi connectivity index (χ1n) is 8.02. The lowest BCUT2D eigenvalue weighted by Crippen LogP contribution is -1.99. The topological polar surface area (TPSA) is 44.1 Å². The Morgan fingerprint density at radius 1 is 1.35 bits per heavy atom. The third kappa shape index (κ3) is 4.81. The van der Waals surface area contributed by atoms with Gasteiger partial charge in [0.1, 0.15) is 5.82 Å². The Kier molecular flexibility index (Phi) is 6.15. The molecule has 2 aromatic rings. The SMILES string of the molecule is CCOC(=O)C=CCCC(C)=CCn1c(C)nc2ccccc21. The Labute approximate surface area is 137 Å². The van der Waals surface area contributed by atoms with Gasteiger partial charge in [-0.3, -0.25) is 0 Å². The van der Waals surface area contributed by atoms with Crippen molar-refractivity contribution in [1.29, 1.82) is 0 Å². The van der Waals surface area contributed by atoms with Gasteiger partial charge in [-0.05, 0) is 45.7 Å². The van der Waals surface area contributed by atoms with Gasteiger partial charge in [-0.25, -0.2) is 9.78 Å². The van der Waals surface area contributed by atoms with Crippen molar-refractivity contribution in [2.24, 2.45) is 0 Å². The summed E-state index contributed by atoms with van der Waals surface area (Å²) in [5, 5.41) is 0. The molecule has 0 aliphatic rings. The van der Waals surface area contributed by atoms with Crippen LogP contribution >= 0.6 is 0 Å². The average Bonchev–Trinajstić information content (AvgIpc) is 2.85. The monoisotopic (exact) mass is 312 g/mol. The summed E-state index contributed by atoms with van der Waals surface area (Å²) in [4.78, 5) is 15.8. The highest BCUT2D eigenvalue weighted by molar-refractivity contribution is 5.81. The van der Waals surface area contributed by atoms with E-state index < -0.39 is 0 Å². The zero-order valence-electron chi connectivity index (χ0n) is 14.1. The molecule has 0 unspecified atom stereocenters. The molecule has 0 N–H and O–H groups in total. The van der Waals surface area contributed by atoms with Crippen molar-refractivity contribution >= 4 is 17.0 Å². The Morgan fingerprint density at radius 3 is 2.91 bits per heavy atom. The van der Waals surface area contributed by atoms with Crippen LogP contribution in [0.3, 0.4) is 0 Å². The number of hydrogen-bond acceptors (Lipinski definition) is 3. The summed E-state index contributed by atoms with van der Waals surface area (Å²) in [5.41, 5.74) is 3.50. The first-order chi connectivity index (χ1) is 11.1. The fraction of sp³-hybridized carbons (Fsp3) is 0.368. The maximum absolute atomic E-state index is 11.2. The van der Waals surface area contributed by atoms with Crippen LogP contribution in [0.2, 0.25) is 0 Å². The van der Waals surface area contributed by atoms with E-state index in [0.717, 1.165) is 36.2 Å². The van der Waals surface area contributed by atoms with E-state index in [1.807, 2.05) is 31.2 Å². The van der Waals surface area contributed by atoms with Crippen molar-refractivity contribution in [3.63, 3.8) is 0 Å². The standard InChI is InChI=1S/C19H24N2O2/c1-4-23-19(22)12-8-5-9-15(2)13-14-21-16(3)20-17-10-6-7-11-18(17)21/h6-8,10-13H,4-5,9,14H2,1-3H3. The number of imidazole rings is 1. The largest absolute Gasteiger partial charge is 0.463 e. The first kappa shape index (κ1) is 17.0. The molecule has 1 aromatic heterocycles. The van der Waals surface area contributed by atoms with Crippen molar-refractivity contribution < 1.29 is 9.53 Å². The molecular formula is C19H24N2O2. The minimum absolute atomic E-state index is 0.269. The van der Waals surface area contributed by atoms with E-state index in [1.54, 1.807) is 6.92 Å². The summed E-state index contributed by atoms with van der Waals surface area (Å²) >= 11 is 0. The van der Waals surface area contributed by atoms with Gasteiger partial charge in [-0.1, -0.05) is 29.9 Å². The molecule has 4 nitrogen and oxygen atoms in total. The van der Waals surface area contributed by atoms with Crippen molar-refractivity contribution in [3.8, 4) is 0 Å². The number of nitrogens with zero attached hydrogens (tertiary/aromatic N) is 2. The molecule has 2 rings (SSSR count). The number of esters is 1. The Morgan fingerprint density at radius 2 is 2.13 bits per heavy atom. The quantitative estimate of drug-likeness (QED) is 0.437. The predicted molar refractivity (Wildman–Crippen MR) is 93.2 cm³/mol. The van der Waals surface area contributed by atoms with Crippen LogP contribution in [0.25, 0.3) is 11.0 Å². The normalized spacial score (nSPS) is 12.2. The van der Waals surface area contributed by atoms with Crippen LogP contribution in [-0.4, -0.2) is 22.1 Å². The molecule has 0 aliphatic heterocycles. The highest BCUT2D eigenvalue weighted by atomic mass is 16.5. The van der Waals surface area contributed by atoms with E-state index in [-0.39, 0.29) is 5.97 Å². The number of hydrogen-bond donors (Lipinski definition) is 0. The Hall–Kier alpha value is -2.36. The molecule has 1 heterocycles. The Bertz CT molecular complexity index is 726. The fourth-order valence-electron chi connectivity index (χ4n) is 2.46. The van der Waals surface area contributed by atoms with Crippen molar-refractivity contribution in [1.82, 2.24) is 9.55 Å². The summed E-state index contributed by atoms with van der Waals surface area (Å²) in [5.74, 6) is 0.757. The summed E-state index contributed by atoms with van der Waals surface area (Å²) in [6.45, 7) is 7.19. The van der Waals surface area contributed by atoms with E-state index >= 15 is 0 Å². The second kappa shape index (κ2) is 8.32. The van der Waals surface area contributed by atoms with Crippen LogP contribution < -0.4 is 0 Å². The molecule has 0 atom stereocenters. The molecule has 0 aliphatic carbocycles. The summed E-state index contributed by atoms with van der Waals surface area (Å²) in [6, 6.07) is 8.18. The zero-order valence-corrected chi connectivity index (χ0v) is 14.1. The van der Waals surface area contributed by atoms with E-state index in [1.165, 1.54) is 11.6 Å². The minimum Gasteiger partial charge on any atom is -0.463 e. The van der Waals surface area contributed by atoms with E-state index in [2.05, 4.69) is 28.6 Å². The average molecular weight is 312 g/mol. The van der Waals surface area contributed by atoms with E-state index in [9.17, 15) is 4.79 Å². The number of carbonyl (C=O) groups is 1. The lowest BCUT2D eigenvalue weighted by atomic mass is 10.1. The van der Waals surface area contributed by atoms with Crippen LogP contribution in [0.1, 0.15) is 32.5 Å². The minimum atomic E-state index is -0.269. The van der Waals surface area contributed by atoms with Crippen LogP contribution in [0.15, 0.2) is 48.1 Å². The van der Waals surface area contributed by atoms with Crippen molar-refractivity contribution in [2.45, 2.75) is 40.2 Å². The second-order valence-electron chi connectivity index (χ2n) is 5.50. The highest BCUT2D eigenvalue weighted by Gasteiger charge is 2.04. The van der Waals surface area contributed by atoms with E-state index in [4.69, 9.17) is 4.74 Å². The lowest BCUT2D eigenvalue weighted by Gasteiger charge is -2.05. The van der Waals surface area contributed by atoms with Crippen LogP contribution in [-0.2, 0) is 16.1 Å². The summed E-state index contributed by atoms with van der Waals surface area (Å²) < 4.78 is 7.06. The number of rotatable bonds is 7. The lowest BCUT2D eigenvalue weighted by molar-refractivity contribution is -0.137. The van der Waals surface area contributed by atoms with Gasteiger partial charge in [0.05, 0.1) is 17.6 Å². The maximum Gasteiger partial charge on any atom is 0.330 e. The third-order valence-corrected chi connectivity index (χ3v) is 3.71. The number of fused-ring (bicyclic) bond motifs is 1. The molecule has 1 aromatic carbocycles. The molecule has 0 fully saturated rings. The molecule has 0 saturated carbocycles. The molecule has 122 valence electrons. The first-order valence-corrected chi connectivity index (χ1v) is 8.02. The number of benzene rings is 1. The fourth-order valence-corrected chi connectivity index (χ4v) is 2.46. The highest BCUT2D eigenvalue weighted by Crippen LogP contribution is 2.16. The molecular weight excluding hydrogens is 288 g/mol. The van der Waals surface area contributed by atoms with Crippen LogP contribution in [0.5, 0.6) is 0 Å². The second-order valence-corrected chi connectivity index (χ2v) is 5.50. The van der Waals surface area contributed by atoms with Gasteiger partial charge >= 0.3 is 5.97 Å². The van der Waals surface area contributed by atoms with Gasteiger partial charge < -0.3 is 9.30 Å². The number of para-hydroxylation sites is 2. The molecule has 0 amide bonds. The number of carbonyl (C=O) groups excluding carboxylic acids is 1. The smallest absolute Gasteiger partial charge is 0.330 e. The molecule has 0 bridgehead atoms. The summed E-state index contributed by atoms with van der Waals surface area (Å²) in [6.07, 6.45) is 7.36. The van der Waals surface area contributed by atoms with E-state index in [0.29, 0.717) is 6.61 Å². The number of ether oxygens (including phenoxy) is 1. The zero-order chi connectivity index (χ0) is 16.7. The van der Waals surface area contributed by atoms with Crippen LogP contribution in [0, 0.1) is 6.92 Å². The van der Waals surface area contributed by atoms with Gasteiger partial charge in [0, 0.05) is 12.6 Å². The van der Waals surface area contributed by atoms with Crippen LogP contribution in [0.4, 0.5) is 0 Å². The molecule has 0 spiro atoms. The number of aromatic nitrogens is 2. The summed E-state index contributed by atoms with van der Waals surface area (Å²) in [7, 11) is 0. The molecule has 4 heteroatoms.